The second kappa shape index (κ2) is 10.6. The second-order valence-electron chi connectivity index (χ2n) is 7.97. The summed E-state index contributed by atoms with van der Waals surface area (Å²) in [6.45, 7) is 4.38. The predicted molar refractivity (Wildman–Crippen MR) is 144 cm³/mol. The molecule has 0 unspecified atom stereocenters. The van der Waals surface area contributed by atoms with Crippen LogP contribution in [0.15, 0.2) is 74.0 Å². The molecule has 4 rings (SSSR count). The first-order chi connectivity index (χ1) is 16.4. The van der Waals surface area contributed by atoms with E-state index in [1.165, 1.54) is 11.6 Å². The number of ether oxygens (including phenoxy) is 1. The molecule has 0 bridgehead atoms. The smallest absolute Gasteiger partial charge is 0.248 e. The van der Waals surface area contributed by atoms with Crippen LogP contribution in [0.3, 0.4) is 0 Å². The summed E-state index contributed by atoms with van der Waals surface area (Å²) in [5, 5.41) is 2.90. The monoisotopic (exact) mass is 582 g/mol. The first-order valence-electron chi connectivity index (χ1n) is 10.9. The lowest BCUT2D eigenvalue weighted by atomic mass is 9.98. The number of benzene rings is 3. The minimum absolute atomic E-state index is 0.258. The standard InChI is InChI=1S/C27H24Br2N2O3/c1-4-16(2)17-8-10-24-23(14-17)31-27(34-24)19-6-5-7-21(13-19)30-25(32)11-9-18-12-20(28)15-22(29)26(18)33-3/h5-16H,4H2,1-3H3,(H,30,32)/b11-9+/t16-/m1/s1. The molecule has 5 nitrogen and oxygen atoms in total. The lowest BCUT2D eigenvalue weighted by molar-refractivity contribution is -0.111. The number of amides is 1. The number of hydrogen-bond donors (Lipinski definition) is 1. The maximum absolute atomic E-state index is 12.6. The molecule has 0 aliphatic carbocycles. The summed E-state index contributed by atoms with van der Waals surface area (Å²) >= 11 is 6.93. The number of methoxy groups -OCH3 is 1. The maximum Gasteiger partial charge on any atom is 0.248 e. The molecule has 1 heterocycles. The van der Waals surface area contributed by atoms with Crippen molar-refractivity contribution in [1.29, 1.82) is 0 Å². The zero-order valence-corrected chi connectivity index (χ0v) is 22.2. The van der Waals surface area contributed by atoms with Crippen LogP contribution in [0.5, 0.6) is 5.75 Å². The van der Waals surface area contributed by atoms with Gasteiger partial charge < -0.3 is 14.5 Å². The van der Waals surface area contributed by atoms with Crippen molar-refractivity contribution in [2.75, 3.05) is 12.4 Å². The Bertz CT molecular complexity index is 1380. The van der Waals surface area contributed by atoms with Gasteiger partial charge in [0.2, 0.25) is 11.8 Å². The molecule has 174 valence electrons. The number of nitrogens with zero attached hydrogens (tertiary/aromatic N) is 1. The van der Waals surface area contributed by atoms with Crippen molar-refractivity contribution in [2.45, 2.75) is 26.2 Å². The minimum Gasteiger partial charge on any atom is -0.495 e. The molecule has 0 aliphatic rings. The van der Waals surface area contributed by atoms with Gasteiger partial charge in [0.1, 0.15) is 11.3 Å². The van der Waals surface area contributed by atoms with Crippen LogP contribution in [0.1, 0.15) is 37.3 Å². The summed E-state index contributed by atoms with van der Waals surface area (Å²) in [7, 11) is 1.59. The van der Waals surface area contributed by atoms with Crippen molar-refractivity contribution in [2.24, 2.45) is 0 Å². The van der Waals surface area contributed by atoms with Gasteiger partial charge in [-0.2, -0.15) is 0 Å². The van der Waals surface area contributed by atoms with Crippen molar-refractivity contribution in [1.82, 2.24) is 4.98 Å². The third-order valence-electron chi connectivity index (χ3n) is 5.63. The van der Waals surface area contributed by atoms with Crippen LogP contribution in [0.25, 0.3) is 28.6 Å². The quantitative estimate of drug-likeness (QED) is 0.223. The molecular formula is C27H24Br2N2O3. The first-order valence-corrected chi connectivity index (χ1v) is 12.5. The van der Waals surface area contributed by atoms with Crippen LogP contribution < -0.4 is 10.1 Å². The van der Waals surface area contributed by atoms with Gasteiger partial charge in [0, 0.05) is 27.4 Å². The van der Waals surface area contributed by atoms with E-state index in [-0.39, 0.29) is 5.91 Å². The van der Waals surface area contributed by atoms with E-state index in [0.717, 1.165) is 37.6 Å². The van der Waals surface area contributed by atoms with Crippen LogP contribution in [-0.2, 0) is 4.79 Å². The van der Waals surface area contributed by atoms with Crippen molar-refractivity contribution in [3.8, 4) is 17.2 Å². The second-order valence-corrected chi connectivity index (χ2v) is 9.74. The van der Waals surface area contributed by atoms with E-state index in [0.29, 0.717) is 23.2 Å². The summed E-state index contributed by atoms with van der Waals surface area (Å²) in [4.78, 5) is 17.2. The number of rotatable bonds is 7. The van der Waals surface area contributed by atoms with E-state index in [1.807, 2.05) is 42.5 Å². The van der Waals surface area contributed by atoms with Crippen molar-refractivity contribution in [3.05, 3.63) is 80.7 Å². The summed E-state index contributed by atoms with van der Waals surface area (Å²) in [6, 6.07) is 17.4. The minimum atomic E-state index is -0.258. The number of anilines is 1. The highest BCUT2D eigenvalue weighted by molar-refractivity contribution is 9.11. The van der Waals surface area contributed by atoms with E-state index in [9.17, 15) is 4.79 Å². The average molecular weight is 584 g/mol. The fourth-order valence-corrected chi connectivity index (χ4v) is 5.03. The number of carbonyl (C=O) groups is 1. The van der Waals surface area contributed by atoms with Gasteiger partial charge in [0.05, 0.1) is 11.6 Å². The van der Waals surface area contributed by atoms with E-state index in [2.05, 4.69) is 68.1 Å². The third-order valence-corrected chi connectivity index (χ3v) is 6.67. The highest BCUT2D eigenvalue weighted by Crippen LogP contribution is 2.33. The van der Waals surface area contributed by atoms with Crippen molar-refractivity contribution < 1.29 is 13.9 Å². The van der Waals surface area contributed by atoms with Gasteiger partial charge in [0.15, 0.2) is 5.58 Å². The van der Waals surface area contributed by atoms with E-state index in [1.54, 1.807) is 13.2 Å². The van der Waals surface area contributed by atoms with Crippen molar-refractivity contribution in [3.63, 3.8) is 0 Å². The Morgan fingerprint density at radius 2 is 2.00 bits per heavy atom. The topological polar surface area (TPSA) is 64.4 Å². The van der Waals surface area contributed by atoms with E-state index in [4.69, 9.17) is 9.15 Å². The summed E-state index contributed by atoms with van der Waals surface area (Å²) in [5.41, 5.74) is 5.04. The number of nitrogens with one attached hydrogen (secondary N) is 1. The van der Waals surface area contributed by atoms with E-state index < -0.39 is 0 Å². The molecule has 1 aromatic heterocycles. The lowest BCUT2D eigenvalue weighted by Crippen LogP contribution is -2.07. The fraction of sp³-hybridized carbons (Fsp3) is 0.185. The number of hydrogen-bond acceptors (Lipinski definition) is 4. The molecule has 0 spiro atoms. The number of carbonyl (C=O) groups excluding carboxylic acids is 1. The third kappa shape index (κ3) is 5.42. The first kappa shape index (κ1) is 24.2. The Morgan fingerprint density at radius 3 is 2.76 bits per heavy atom. The van der Waals surface area contributed by atoms with Gasteiger partial charge in [-0.1, -0.05) is 41.9 Å². The van der Waals surface area contributed by atoms with Gasteiger partial charge >= 0.3 is 0 Å². The fourth-order valence-electron chi connectivity index (χ4n) is 3.61. The normalized spacial score (nSPS) is 12.3. The number of fused-ring (bicyclic) bond motifs is 1. The van der Waals surface area contributed by atoms with Gasteiger partial charge in [0.25, 0.3) is 0 Å². The molecule has 4 aromatic rings. The summed E-state index contributed by atoms with van der Waals surface area (Å²) in [5.74, 6) is 1.38. The summed E-state index contributed by atoms with van der Waals surface area (Å²) < 4.78 is 13.1. The molecule has 1 amide bonds. The van der Waals surface area contributed by atoms with Crippen LogP contribution in [0.2, 0.25) is 0 Å². The maximum atomic E-state index is 12.6. The highest BCUT2D eigenvalue weighted by Gasteiger charge is 2.12. The molecule has 1 N–H and O–H groups in total. The van der Waals surface area contributed by atoms with Crippen LogP contribution in [0, 0.1) is 0 Å². The van der Waals surface area contributed by atoms with Crippen LogP contribution in [0.4, 0.5) is 5.69 Å². The molecule has 0 fully saturated rings. The Hall–Kier alpha value is -2.90. The Morgan fingerprint density at radius 1 is 1.18 bits per heavy atom. The Labute approximate surface area is 215 Å². The van der Waals surface area contributed by atoms with Crippen LogP contribution in [-0.4, -0.2) is 18.0 Å². The predicted octanol–water partition coefficient (Wildman–Crippen LogP) is 8.19. The number of aromatic nitrogens is 1. The van der Waals surface area contributed by atoms with E-state index >= 15 is 0 Å². The summed E-state index contributed by atoms with van der Waals surface area (Å²) in [6.07, 6.45) is 4.25. The van der Waals surface area contributed by atoms with Gasteiger partial charge in [-0.05, 0) is 82.4 Å². The highest BCUT2D eigenvalue weighted by atomic mass is 79.9. The molecule has 7 heteroatoms. The molecule has 0 aliphatic heterocycles. The molecular weight excluding hydrogens is 560 g/mol. The molecule has 0 radical (unpaired) electrons. The van der Waals surface area contributed by atoms with Gasteiger partial charge in [-0.25, -0.2) is 4.98 Å². The molecule has 3 aromatic carbocycles. The molecule has 34 heavy (non-hydrogen) atoms. The number of halogens is 2. The van der Waals surface area contributed by atoms with Crippen LogP contribution >= 0.6 is 31.9 Å². The SMILES string of the molecule is CC[C@@H](C)c1ccc2oc(-c3cccc(NC(=O)/C=C/c4cc(Br)cc(Br)c4OC)c3)nc2c1. The average Bonchev–Trinajstić information content (AvgIpc) is 3.25. The zero-order valence-electron chi connectivity index (χ0n) is 19.1. The molecule has 1 atom stereocenters. The Balaban J connectivity index is 1.53. The van der Waals surface area contributed by atoms with Crippen molar-refractivity contribution >= 4 is 60.6 Å². The molecule has 0 saturated heterocycles. The molecule has 0 saturated carbocycles. The largest absolute Gasteiger partial charge is 0.495 e. The Kier molecular flexibility index (Phi) is 7.54. The zero-order chi connectivity index (χ0) is 24.2. The van der Waals surface area contributed by atoms with Gasteiger partial charge in [-0.15, -0.1) is 0 Å². The van der Waals surface area contributed by atoms with Gasteiger partial charge in [-0.3, -0.25) is 4.79 Å². The number of oxazole rings is 1. The lowest BCUT2D eigenvalue weighted by Gasteiger charge is -2.08.